The van der Waals surface area contributed by atoms with Crippen molar-refractivity contribution in [3.05, 3.63) is 35.9 Å². The minimum atomic E-state index is -0.508. The van der Waals surface area contributed by atoms with Gasteiger partial charge in [0, 0.05) is 49.7 Å². The summed E-state index contributed by atoms with van der Waals surface area (Å²) in [6, 6.07) is 4.52. The predicted octanol–water partition coefficient (Wildman–Crippen LogP) is 2.59. The number of hydrogen-bond donors (Lipinski definition) is 3. The fraction of sp³-hybridized carbons (Fsp3) is 0.235. The number of fused-ring (bicyclic) bond motifs is 1. The van der Waals surface area contributed by atoms with Gasteiger partial charge in [-0.1, -0.05) is 5.16 Å². The maximum absolute atomic E-state index is 14.3. The zero-order valence-corrected chi connectivity index (χ0v) is 14.3. The second-order valence-electron chi connectivity index (χ2n) is 5.35. The van der Waals surface area contributed by atoms with Gasteiger partial charge in [0.05, 0.1) is 12.1 Å². The van der Waals surface area contributed by atoms with Crippen molar-refractivity contribution < 1.29 is 18.4 Å². The molecular weight excluding hydrogens is 341 g/mol. The molecule has 9 heteroatoms. The second-order valence-corrected chi connectivity index (χ2v) is 5.35. The molecule has 0 saturated heterocycles. The van der Waals surface area contributed by atoms with E-state index in [2.05, 4.69) is 20.7 Å². The van der Waals surface area contributed by atoms with Gasteiger partial charge in [0.25, 0.3) is 0 Å². The molecule has 136 valence electrons. The van der Waals surface area contributed by atoms with Crippen molar-refractivity contribution in [1.82, 2.24) is 20.7 Å². The third kappa shape index (κ3) is 3.42. The van der Waals surface area contributed by atoms with E-state index < -0.39 is 5.82 Å². The molecule has 0 spiro atoms. The second kappa shape index (κ2) is 7.79. The van der Waals surface area contributed by atoms with Gasteiger partial charge in [-0.25, -0.2) is 4.39 Å². The summed E-state index contributed by atoms with van der Waals surface area (Å²) in [6.45, 7) is 0.609. The predicted molar refractivity (Wildman–Crippen MR) is 94.7 cm³/mol. The molecule has 0 aliphatic heterocycles. The van der Waals surface area contributed by atoms with Crippen molar-refractivity contribution in [1.29, 1.82) is 5.41 Å². The Kier molecular flexibility index (Phi) is 5.28. The first-order chi connectivity index (χ1) is 12.7. The molecule has 26 heavy (non-hydrogen) atoms. The fourth-order valence-electron chi connectivity index (χ4n) is 2.42. The van der Waals surface area contributed by atoms with E-state index in [0.29, 0.717) is 40.2 Å². The normalized spacial score (nSPS) is 11.7. The third-order valence-corrected chi connectivity index (χ3v) is 3.66. The first-order valence-corrected chi connectivity index (χ1v) is 7.82. The van der Waals surface area contributed by atoms with Crippen molar-refractivity contribution in [2.75, 3.05) is 27.4 Å². The van der Waals surface area contributed by atoms with Crippen LogP contribution in [0.4, 0.5) is 4.39 Å². The minimum Gasteiger partial charge on any atom is -0.488 e. The Morgan fingerprint density at radius 1 is 1.38 bits per heavy atom. The van der Waals surface area contributed by atoms with Gasteiger partial charge in [-0.05, 0) is 6.07 Å². The van der Waals surface area contributed by atoms with Crippen LogP contribution in [-0.4, -0.2) is 48.9 Å². The number of nitrogens with zero attached hydrogens (tertiary/aromatic N) is 2. The number of aromatic amines is 1. The monoisotopic (exact) mass is 359 g/mol. The van der Waals surface area contributed by atoms with E-state index in [0.717, 1.165) is 6.21 Å². The van der Waals surface area contributed by atoms with Gasteiger partial charge in [-0.3, -0.25) is 5.10 Å². The van der Waals surface area contributed by atoms with Crippen LogP contribution < -0.4 is 10.1 Å². The van der Waals surface area contributed by atoms with E-state index in [9.17, 15) is 4.39 Å². The maximum atomic E-state index is 14.3. The van der Waals surface area contributed by atoms with Crippen LogP contribution >= 0.6 is 0 Å². The Labute approximate surface area is 148 Å². The van der Waals surface area contributed by atoms with Crippen LogP contribution in [0.2, 0.25) is 0 Å². The van der Waals surface area contributed by atoms with Crippen LogP contribution in [0.3, 0.4) is 0 Å². The zero-order chi connectivity index (χ0) is 18.5. The molecule has 0 aliphatic carbocycles. The number of nitrogens with one attached hydrogen (secondary N) is 3. The Balaban J connectivity index is 1.94. The highest BCUT2D eigenvalue weighted by molar-refractivity contribution is 6.07. The number of benzene rings is 1. The maximum Gasteiger partial charge on any atom is 0.188 e. The summed E-state index contributed by atoms with van der Waals surface area (Å²) in [4.78, 5) is 0. The number of allylic oxidation sites excluding steroid dienone is 1. The first kappa shape index (κ1) is 17.6. The van der Waals surface area contributed by atoms with Crippen molar-refractivity contribution in [3.8, 4) is 17.2 Å². The van der Waals surface area contributed by atoms with Crippen molar-refractivity contribution in [2.45, 2.75) is 0 Å². The molecule has 3 N–H and O–H groups in total. The average Bonchev–Trinajstić information content (AvgIpc) is 3.26. The highest BCUT2D eigenvalue weighted by atomic mass is 19.1. The summed E-state index contributed by atoms with van der Waals surface area (Å²) >= 11 is 0. The molecule has 0 fully saturated rings. The molecule has 0 bridgehead atoms. The Morgan fingerprint density at radius 3 is 2.96 bits per heavy atom. The molecule has 0 aliphatic rings. The van der Waals surface area contributed by atoms with Crippen LogP contribution in [0.5, 0.6) is 5.75 Å². The van der Waals surface area contributed by atoms with Crippen molar-refractivity contribution >= 4 is 22.7 Å². The zero-order valence-electron chi connectivity index (χ0n) is 14.3. The van der Waals surface area contributed by atoms with E-state index in [1.807, 2.05) is 0 Å². The van der Waals surface area contributed by atoms with Gasteiger partial charge in [0.15, 0.2) is 17.3 Å². The standard InChI is InChI=1S/C17H18FN5O3/c1-20-9-10(8-19)13-6-16(26-23-13)17-11-5-12(18)15(25-4-3-24-2)7-14(11)21-22-17/h5-9,19-20H,3-4H2,1-2H3,(H,21,22)/b10-9+,19-8?. The molecule has 3 rings (SSSR count). The third-order valence-electron chi connectivity index (χ3n) is 3.66. The quantitative estimate of drug-likeness (QED) is 0.421. The number of ether oxygens (including phenoxy) is 2. The topological polar surface area (TPSA) is 109 Å². The molecule has 2 aromatic heterocycles. The van der Waals surface area contributed by atoms with E-state index in [4.69, 9.17) is 19.4 Å². The van der Waals surface area contributed by atoms with Crippen LogP contribution in [0.1, 0.15) is 5.69 Å². The van der Waals surface area contributed by atoms with Crippen LogP contribution in [0.15, 0.2) is 28.9 Å². The molecule has 3 aromatic rings. The number of aromatic nitrogens is 3. The van der Waals surface area contributed by atoms with Crippen molar-refractivity contribution in [3.63, 3.8) is 0 Å². The van der Waals surface area contributed by atoms with Gasteiger partial charge < -0.3 is 24.7 Å². The summed E-state index contributed by atoms with van der Waals surface area (Å²) < 4.78 is 29.9. The molecule has 0 amide bonds. The number of halogens is 1. The molecule has 8 nitrogen and oxygen atoms in total. The van der Waals surface area contributed by atoms with Crippen LogP contribution in [-0.2, 0) is 4.74 Å². The van der Waals surface area contributed by atoms with Gasteiger partial charge in [-0.15, -0.1) is 0 Å². The van der Waals surface area contributed by atoms with E-state index >= 15 is 0 Å². The fourth-order valence-corrected chi connectivity index (χ4v) is 2.42. The Hall–Kier alpha value is -3.20. The van der Waals surface area contributed by atoms with Gasteiger partial charge >= 0.3 is 0 Å². The number of hydrogen-bond acceptors (Lipinski definition) is 7. The van der Waals surface area contributed by atoms with Gasteiger partial charge in [-0.2, -0.15) is 5.10 Å². The lowest BCUT2D eigenvalue weighted by Crippen LogP contribution is -2.05. The molecule has 1 aromatic carbocycles. The summed E-state index contributed by atoms with van der Waals surface area (Å²) in [5, 5.41) is 21.8. The molecular formula is C17H18FN5O3. The number of H-pyrrole nitrogens is 1. The van der Waals surface area contributed by atoms with Crippen LogP contribution in [0, 0.1) is 11.2 Å². The summed E-state index contributed by atoms with van der Waals surface area (Å²) in [5.41, 5.74) is 2.04. The van der Waals surface area contributed by atoms with E-state index in [1.165, 1.54) is 12.1 Å². The lowest BCUT2D eigenvalue weighted by Gasteiger charge is -2.06. The molecule has 0 unspecified atom stereocenters. The van der Waals surface area contributed by atoms with E-state index in [1.54, 1.807) is 26.4 Å². The van der Waals surface area contributed by atoms with Crippen LogP contribution in [0.25, 0.3) is 27.9 Å². The SMILES string of the molecule is CN/C=C(\C=N)c1cc(-c2n[nH]c3cc(OCCOC)c(F)cc23)on1. The summed E-state index contributed by atoms with van der Waals surface area (Å²) in [7, 11) is 3.27. The summed E-state index contributed by atoms with van der Waals surface area (Å²) in [6.07, 6.45) is 2.78. The van der Waals surface area contributed by atoms with Crippen molar-refractivity contribution in [2.24, 2.45) is 0 Å². The highest BCUT2D eigenvalue weighted by Crippen LogP contribution is 2.31. The number of methoxy groups -OCH3 is 1. The minimum absolute atomic E-state index is 0.117. The van der Waals surface area contributed by atoms with Gasteiger partial charge in [0.2, 0.25) is 0 Å². The molecule has 2 heterocycles. The largest absolute Gasteiger partial charge is 0.488 e. The Morgan fingerprint density at radius 2 is 2.23 bits per heavy atom. The number of rotatable bonds is 8. The molecule has 0 saturated carbocycles. The molecule has 0 atom stereocenters. The summed E-state index contributed by atoms with van der Waals surface area (Å²) in [5.74, 6) is -0.0279. The molecule has 0 radical (unpaired) electrons. The smallest absolute Gasteiger partial charge is 0.188 e. The average molecular weight is 359 g/mol. The lowest BCUT2D eigenvalue weighted by atomic mass is 10.1. The lowest BCUT2D eigenvalue weighted by molar-refractivity contribution is 0.144. The highest BCUT2D eigenvalue weighted by Gasteiger charge is 2.17. The Bertz CT molecular complexity index is 947. The van der Waals surface area contributed by atoms with E-state index in [-0.39, 0.29) is 12.4 Å². The first-order valence-electron chi connectivity index (χ1n) is 7.82. The van der Waals surface area contributed by atoms with Gasteiger partial charge in [0.1, 0.15) is 18.0 Å².